The zero-order valence-corrected chi connectivity index (χ0v) is 18.8. The maximum absolute atomic E-state index is 12.7. The molecule has 0 atom stereocenters. The summed E-state index contributed by atoms with van der Waals surface area (Å²) < 4.78 is 38.0. The molecule has 0 aliphatic rings. The molecule has 158 valence electrons. The van der Waals surface area contributed by atoms with Gasteiger partial charge < -0.3 is 14.8 Å². The van der Waals surface area contributed by atoms with Crippen molar-refractivity contribution in [1.82, 2.24) is 10.0 Å². The van der Waals surface area contributed by atoms with Crippen molar-refractivity contribution in [3.05, 3.63) is 63.6 Å². The van der Waals surface area contributed by atoms with Crippen molar-refractivity contribution < 1.29 is 22.7 Å². The van der Waals surface area contributed by atoms with Crippen molar-refractivity contribution in [2.75, 3.05) is 26.9 Å². The first-order chi connectivity index (χ1) is 13.9. The van der Waals surface area contributed by atoms with Gasteiger partial charge in [0.15, 0.2) is 0 Å². The first-order valence-electron chi connectivity index (χ1n) is 9.10. The van der Waals surface area contributed by atoms with Gasteiger partial charge in [-0.3, -0.25) is 4.79 Å². The van der Waals surface area contributed by atoms with Crippen LogP contribution in [0.4, 0.5) is 0 Å². The maximum Gasteiger partial charge on any atom is 0.252 e. The van der Waals surface area contributed by atoms with E-state index in [1.54, 1.807) is 6.07 Å². The molecule has 1 amide bonds. The lowest BCUT2D eigenvalue weighted by molar-refractivity contribution is 0.0948. The van der Waals surface area contributed by atoms with Gasteiger partial charge >= 0.3 is 0 Å². The zero-order chi connectivity index (χ0) is 21.3. The highest BCUT2D eigenvalue weighted by Crippen LogP contribution is 2.21. The number of benzene rings is 2. The molecule has 0 aliphatic carbocycles. The van der Waals surface area contributed by atoms with Crippen LogP contribution in [0.15, 0.2) is 51.8 Å². The Balaban J connectivity index is 2.13. The van der Waals surface area contributed by atoms with E-state index >= 15 is 0 Å². The molecule has 29 heavy (non-hydrogen) atoms. The van der Waals surface area contributed by atoms with Crippen LogP contribution in [0.1, 0.15) is 28.4 Å². The Bertz CT molecular complexity index is 934. The Morgan fingerprint density at radius 2 is 1.86 bits per heavy atom. The lowest BCUT2D eigenvalue weighted by atomic mass is 10.1. The third-order valence-corrected chi connectivity index (χ3v) is 6.26. The van der Waals surface area contributed by atoms with Crippen LogP contribution < -0.4 is 10.0 Å². The predicted molar refractivity (Wildman–Crippen MR) is 114 cm³/mol. The first kappa shape index (κ1) is 23.5. The molecule has 0 heterocycles. The standard InChI is InChI=1S/C20H25BrN2O5S/c1-3-28-14-16-7-5-4-6-15(16)13-22-20(24)18-12-17(8-9-19(18)21)29(25,26)23-10-11-27-2/h4-9,12,23H,3,10-11,13-14H2,1-2H3,(H,22,24). The van der Waals surface area contributed by atoms with Crippen LogP contribution in [0, 0.1) is 0 Å². The fourth-order valence-corrected chi connectivity index (χ4v) is 4.03. The molecule has 7 nitrogen and oxygen atoms in total. The Morgan fingerprint density at radius 1 is 1.14 bits per heavy atom. The molecule has 0 saturated heterocycles. The van der Waals surface area contributed by atoms with E-state index in [9.17, 15) is 13.2 Å². The van der Waals surface area contributed by atoms with Crippen LogP contribution in [-0.2, 0) is 32.6 Å². The van der Waals surface area contributed by atoms with Crippen molar-refractivity contribution in [2.24, 2.45) is 0 Å². The van der Waals surface area contributed by atoms with E-state index in [1.807, 2.05) is 31.2 Å². The number of ether oxygens (including phenoxy) is 2. The van der Waals surface area contributed by atoms with Crippen molar-refractivity contribution in [3.8, 4) is 0 Å². The molecule has 0 aromatic heterocycles. The molecule has 9 heteroatoms. The van der Waals surface area contributed by atoms with Crippen molar-refractivity contribution in [1.29, 1.82) is 0 Å². The molecule has 0 radical (unpaired) electrons. The van der Waals surface area contributed by atoms with Crippen LogP contribution >= 0.6 is 15.9 Å². The maximum atomic E-state index is 12.7. The zero-order valence-electron chi connectivity index (χ0n) is 16.4. The minimum atomic E-state index is -3.74. The minimum Gasteiger partial charge on any atom is -0.383 e. The van der Waals surface area contributed by atoms with Gasteiger partial charge in [0.1, 0.15) is 0 Å². The molecule has 0 fully saturated rings. The van der Waals surface area contributed by atoms with E-state index in [-0.39, 0.29) is 29.5 Å². The lowest BCUT2D eigenvalue weighted by Crippen LogP contribution is -2.28. The van der Waals surface area contributed by atoms with Gasteiger partial charge in [0, 0.05) is 31.3 Å². The van der Waals surface area contributed by atoms with E-state index in [4.69, 9.17) is 9.47 Å². The van der Waals surface area contributed by atoms with Crippen LogP contribution in [0.3, 0.4) is 0 Å². The number of nitrogens with one attached hydrogen (secondary N) is 2. The second-order valence-corrected chi connectivity index (χ2v) is 8.74. The minimum absolute atomic E-state index is 0.0127. The number of amides is 1. The highest BCUT2D eigenvalue weighted by molar-refractivity contribution is 9.10. The summed E-state index contributed by atoms with van der Waals surface area (Å²) in [5.74, 6) is -0.378. The van der Waals surface area contributed by atoms with Gasteiger partial charge in [-0.1, -0.05) is 24.3 Å². The van der Waals surface area contributed by atoms with Gasteiger partial charge in [0.2, 0.25) is 10.0 Å². The van der Waals surface area contributed by atoms with Gasteiger partial charge in [0.05, 0.1) is 23.7 Å². The number of carbonyl (C=O) groups excluding carboxylic acids is 1. The second-order valence-electron chi connectivity index (χ2n) is 6.12. The van der Waals surface area contributed by atoms with Gasteiger partial charge in [-0.25, -0.2) is 13.1 Å². The van der Waals surface area contributed by atoms with Crippen LogP contribution in [0.2, 0.25) is 0 Å². The quantitative estimate of drug-likeness (QED) is 0.478. The summed E-state index contributed by atoms with van der Waals surface area (Å²) >= 11 is 3.32. The molecule has 0 spiro atoms. The normalized spacial score (nSPS) is 11.4. The summed E-state index contributed by atoms with van der Waals surface area (Å²) in [7, 11) is -2.25. The van der Waals surface area contributed by atoms with E-state index in [0.717, 1.165) is 11.1 Å². The molecule has 2 rings (SSSR count). The number of halogens is 1. The van der Waals surface area contributed by atoms with Gasteiger partial charge in [-0.15, -0.1) is 0 Å². The van der Waals surface area contributed by atoms with Gasteiger partial charge in [-0.2, -0.15) is 0 Å². The predicted octanol–water partition coefficient (Wildman–Crippen LogP) is 2.84. The number of carbonyl (C=O) groups is 1. The van der Waals surface area contributed by atoms with Crippen LogP contribution in [0.5, 0.6) is 0 Å². The summed E-state index contributed by atoms with van der Waals surface area (Å²) in [5.41, 5.74) is 2.17. The summed E-state index contributed by atoms with van der Waals surface area (Å²) in [6, 6.07) is 12.0. The summed E-state index contributed by atoms with van der Waals surface area (Å²) in [6.45, 7) is 3.70. The van der Waals surface area contributed by atoms with Crippen LogP contribution in [0.25, 0.3) is 0 Å². The van der Waals surface area contributed by atoms with Crippen molar-refractivity contribution in [2.45, 2.75) is 25.0 Å². The van der Waals surface area contributed by atoms with Gasteiger partial charge in [0.25, 0.3) is 5.91 Å². The fraction of sp³-hybridized carbons (Fsp3) is 0.350. The SMILES string of the molecule is CCOCc1ccccc1CNC(=O)c1cc(S(=O)(=O)NCCOC)ccc1Br. The summed E-state index contributed by atoms with van der Waals surface area (Å²) in [4.78, 5) is 12.7. The van der Waals surface area contributed by atoms with E-state index in [0.29, 0.717) is 24.2 Å². The van der Waals surface area contributed by atoms with E-state index < -0.39 is 10.0 Å². The Kier molecular flexibility index (Phi) is 9.25. The number of hydrogen-bond donors (Lipinski definition) is 2. The molecular weight excluding hydrogens is 460 g/mol. The number of hydrogen-bond acceptors (Lipinski definition) is 5. The molecule has 0 unspecified atom stereocenters. The molecule has 2 N–H and O–H groups in total. The molecule has 2 aromatic carbocycles. The van der Waals surface area contributed by atoms with E-state index in [1.165, 1.54) is 19.2 Å². The molecule has 0 saturated carbocycles. The van der Waals surface area contributed by atoms with Crippen molar-refractivity contribution in [3.63, 3.8) is 0 Å². The smallest absolute Gasteiger partial charge is 0.252 e. The topological polar surface area (TPSA) is 93.7 Å². The fourth-order valence-electron chi connectivity index (χ4n) is 2.56. The molecular formula is C20H25BrN2O5S. The average molecular weight is 485 g/mol. The largest absolute Gasteiger partial charge is 0.383 e. The summed E-state index contributed by atoms with van der Waals surface area (Å²) in [6.07, 6.45) is 0. The monoisotopic (exact) mass is 484 g/mol. The number of methoxy groups -OCH3 is 1. The highest BCUT2D eigenvalue weighted by atomic mass is 79.9. The third kappa shape index (κ3) is 6.90. The van der Waals surface area contributed by atoms with E-state index in [2.05, 4.69) is 26.0 Å². The molecule has 2 aromatic rings. The molecule has 0 aliphatic heterocycles. The lowest BCUT2D eigenvalue weighted by Gasteiger charge is -2.12. The van der Waals surface area contributed by atoms with Crippen LogP contribution in [-0.4, -0.2) is 41.2 Å². The summed E-state index contributed by atoms with van der Waals surface area (Å²) in [5, 5.41) is 2.84. The second kappa shape index (κ2) is 11.4. The highest BCUT2D eigenvalue weighted by Gasteiger charge is 2.18. The average Bonchev–Trinajstić information content (AvgIpc) is 2.71. The number of sulfonamides is 1. The Labute approximate surface area is 180 Å². The van der Waals surface area contributed by atoms with Gasteiger partial charge in [-0.05, 0) is 52.2 Å². The first-order valence-corrected chi connectivity index (χ1v) is 11.4. The number of rotatable bonds is 11. The third-order valence-electron chi connectivity index (χ3n) is 4.11. The Hall–Kier alpha value is -1.78. The molecule has 0 bridgehead atoms. The van der Waals surface area contributed by atoms with Crippen molar-refractivity contribution >= 4 is 31.9 Å². The Morgan fingerprint density at radius 3 is 2.55 bits per heavy atom.